The van der Waals surface area contributed by atoms with Gasteiger partial charge in [0.1, 0.15) is 0 Å². The molecule has 2 aromatic carbocycles. The third-order valence-electron chi connectivity index (χ3n) is 2.26. The summed E-state index contributed by atoms with van der Waals surface area (Å²) in [4.78, 5) is 0. The first-order chi connectivity index (χ1) is 8.88. The van der Waals surface area contributed by atoms with Gasteiger partial charge in [0.15, 0.2) is 0 Å². The molecule has 0 spiro atoms. The van der Waals surface area contributed by atoms with Crippen LogP contribution in [0.5, 0.6) is 0 Å². The fourth-order valence-corrected chi connectivity index (χ4v) is 6.36. The molecule has 98 valence electrons. The van der Waals surface area contributed by atoms with Gasteiger partial charge >= 0.3 is 0 Å². The molecule has 0 fully saturated rings. The molecule has 0 atom stereocenters. The summed E-state index contributed by atoms with van der Waals surface area (Å²) in [5.74, 6) is 0. The van der Waals surface area contributed by atoms with Crippen LogP contribution in [0.2, 0.25) is 0 Å². The minimum atomic E-state index is 0.965. The lowest BCUT2D eigenvalue weighted by atomic mass is 10.1. The Morgan fingerprint density at radius 1 is 0.526 bits per heavy atom. The van der Waals surface area contributed by atoms with Crippen LogP contribution in [-0.4, -0.2) is 0 Å². The van der Waals surface area contributed by atoms with Crippen molar-refractivity contribution in [2.75, 3.05) is 0 Å². The molecule has 0 aliphatic rings. The minimum Gasteiger partial charge on any atom is -0.0508 e. The van der Waals surface area contributed by atoms with Crippen LogP contribution in [0, 0.1) is 6.42 Å². The van der Waals surface area contributed by atoms with Crippen LogP contribution < -0.4 is 0 Å². The van der Waals surface area contributed by atoms with Crippen molar-refractivity contribution in [2.45, 2.75) is 0 Å². The van der Waals surface area contributed by atoms with Gasteiger partial charge in [-0.15, -0.1) is 0 Å². The predicted octanol–water partition coefficient (Wildman–Crippen LogP) is 7.74. The maximum atomic E-state index is 3.56. The Labute approximate surface area is 162 Å². The fourth-order valence-electron chi connectivity index (χ4n) is 1.45. The molecule has 2 rings (SSSR count). The maximum Gasteiger partial charge on any atom is 0.0549 e. The van der Waals surface area contributed by atoms with Gasteiger partial charge in [0.05, 0.1) is 6.42 Å². The lowest BCUT2D eigenvalue weighted by molar-refractivity contribution is 1.33. The molecule has 6 heteroatoms. The minimum absolute atomic E-state index is 0.965. The molecule has 19 heavy (non-hydrogen) atoms. The Hall–Kier alpha value is 1.32. The van der Waals surface area contributed by atoms with Crippen molar-refractivity contribution in [1.29, 1.82) is 0 Å². The van der Waals surface area contributed by atoms with Crippen LogP contribution >= 0.6 is 95.6 Å². The number of hydrogen-bond acceptors (Lipinski definition) is 0. The van der Waals surface area contributed by atoms with E-state index in [0.717, 1.165) is 38.0 Å². The summed E-state index contributed by atoms with van der Waals surface area (Å²) in [6, 6.07) is 7.98. The van der Waals surface area contributed by atoms with E-state index in [0.29, 0.717) is 0 Å². The summed E-state index contributed by atoms with van der Waals surface area (Å²) in [5, 5.41) is 0. The van der Waals surface area contributed by atoms with Gasteiger partial charge < -0.3 is 0 Å². The molecule has 0 aliphatic heterocycles. The topological polar surface area (TPSA) is 0 Å². The summed E-state index contributed by atoms with van der Waals surface area (Å²) in [6.45, 7) is 0. The van der Waals surface area contributed by atoms with Crippen molar-refractivity contribution in [3.05, 3.63) is 68.6 Å². The molecule has 0 heterocycles. The van der Waals surface area contributed by atoms with Crippen molar-refractivity contribution >= 4 is 95.6 Å². The maximum absolute atomic E-state index is 3.56. The molecule has 2 aromatic rings. The second-order valence-corrected chi connectivity index (χ2v) is 8.86. The zero-order valence-electron chi connectivity index (χ0n) is 9.08. The third kappa shape index (κ3) is 4.16. The van der Waals surface area contributed by atoms with Gasteiger partial charge in [-0.3, -0.25) is 0 Å². The molecular weight excluding hydrogens is 636 g/mol. The summed E-state index contributed by atoms with van der Waals surface area (Å²) >= 11 is 21.1. The van der Waals surface area contributed by atoms with Crippen LogP contribution in [0.25, 0.3) is 0 Å². The first-order valence-corrected chi connectivity index (χ1v) is 9.70. The molecule has 0 amide bonds. The molecule has 0 aromatic heterocycles. The van der Waals surface area contributed by atoms with Gasteiger partial charge in [-0.2, -0.15) is 0 Å². The standard InChI is InChI=1S/C13H4Br6/c14-6-1-10(16)8(11(17)2-6)5-9-12(18)3-7(15)4-13(9)19/h1-4H. The highest BCUT2D eigenvalue weighted by molar-refractivity contribution is 9.12. The van der Waals surface area contributed by atoms with Crippen LogP contribution in [0.15, 0.2) is 51.1 Å². The van der Waals surface area contributed by atoms with Crippen molar-refractivity contribution in [1.82, 2.24) is 0 Å². The molecule has 0 saturated carbocycles. The summed E-state index contributed by atoms with van der Waals surface area (Å²) in [7, 11) is 0. The molecule has 0 saturated heterocycles. The Balaban J connectivity index is 2.48. The largest absolute Gasteiger partial charge is 0.0549 e. The number of benzene rings is 2. The van der Waals surface area contributed by atoms with Crippen molar-refractivity contribution < 1.29 is 0 Å². The second-order valence-electron chi connectivity index (χ2n) is 3.61. The zero-order valence-corrected chi connectivity index (χ0v) is 18.6. The number of hydrogen-bond donors (Lipinski definition) is 0. The van der Waals surface area contributed by atoms with E-state index in [1.807, 2.05) is 24.3 Å². The molecule has 2 radical (unpaired) electrons. The van der Waals surface area contributed by atoms with Gasteiger partial charge in [-0.25, -0.2) is 0 Å². The third-order valence-corrected chi connectivity index (χ3v) is 5.68. The normalized spacial score (nSPS) is 10.8. The molecular formula is C13H4Br6. The van der Waals surface area contributed by atoms with E-state index in [2.05, 4.69) is 102 Å². The van der Waals surface area contributed by atoms with E-state index >= 15 is 0 Å². The quantitative estimate of drug-likeness (QED) is 0.316. The summed E-state index contributed by atoms with van der Waals surface area (Å²) in [6.07, 6.45) is 3.40. The molecule has 0 nitrogen and oxygen atoms in total. The van der Waals surface area contributed by atoms with E-state index in [1.54, 1.807) is 0 Å². The Kier molecular flexibility index (Phi) is 6.19. The lowest BCUT2D eigenvalue weighted by Gasteiger charge is -2.11. The average molecular weight is 640 g/mol. The van der Waals surface area contributed by atoms with Gasteiger partial charge in [0.2, 0.25) is 0 Å². The van der Waals surface area contributed by atoms with Crippen LogP contribution in [0.1, 0.15) is 11.1 Å². The number of rotatable bonds is 2. The highest BCUT2D eigenvalue weighted by atomic mass is 79.9. The monoisotopic (exact) mass is 634 g/mol. The highest BCUT2D eigenvalue weighted by Gasteiger charge is 2.14. The van der Waals surface area contributed by atoms with Gasteiger partial charge in [0, 0.05) is 26.8 Å². The number of halogens is 6. The average Bonchev–Trinajstić information content (AvgIpc) is 2.25. The van der Waals surface area contributed by atoms with Crippen LogP contribution in [0.3, 0.4) is 0 Å². The van der Waals surface area contributed by atoms with Crippen LogP contribution in [0.4, 0.5) is 0 Å². The molecule has 0 aliphatic carbocycles. The van der Waals surface area contributed by atoms with E-state index in [9.17, 15) is 0 Å². The molecule has 0 N–H and O–H groups in total. The second kappa shape index (κ2) is 7.05. The van der Waals surface area contributed by atoms with E-state index in [1.165, 1.54) is 0 Å². The molecule has 0 bridgehead atoms. The van der Waals surface area contributed by atoms with Crippen molar-refractivity contribution in [2.24, 2.45) is 0 Å². The first kappa shape index (κ1) is 16.7. The van der Waals surface area contributed by atoms with E-state index < -0.39 is 0 Å². The van der Waals surface area contributed by atoms with Gasteiger partial charge in [0.25, 0.3) is 0 Å². The highest BCUT2D eigenvalue weighted by Crippen LogP contribution is 2.37. The Morgan fingerprint density at radius 2 is 0.789 bits per heavy atom. The SMILES string of the molecule is Brc1cc(Br)c([C]c2c(Br)cc(Br)cc2Br)c(Br)c1. The first-order valence-electron chi connectivity index (χ1n) is 4.94. The van der Waals surface area contributed by atoms with Gasteiger partial charge in [-0.1, -0.05) is 95.6 Å². The van der Waals surface area contributed by atoms with Gasteiger partial charge in [-0.05, 0) is 35.4 Å². The lowest BCUT2D eigenvalue weighted by Crippen LogP contribution is -1.92. The van der Waals surface area contributed by atoms with Crippen LogP contribution in [-0.2, 0) is 0 Å². The Morgan fingerprint density at radius 3 is 1.05 bits per heavy atom. The zero-order chi connectivity index (χ0) is 14.2. The van der Waals surface area contributed by atoms with E-state index in [4.69, 9.17) is 0 Å². The Bertz CT molecular complexity index is 534. The summed E-state index contributed by atoms with van der Waals surface area (Å²) in [5.41, 5.74) is 1.93. The smallest absolute Gasteiger partial charge is 0.0508 e. The molecule has 0 unspecified atom stereocenters. The fraction of sp³-hybridized carbons (Fsp3) is 0. The van der Waals surface area contributed by atoms with Crippen molar-refractivity contribution in [3.8, 4) is 0 Å². The summed E-state index contributed by atoms with van der Waals surface area (Å²) < 4.78 is 5.88. The van der Waals surface area contributed by atoms with Crippen molar-refractivity contribution in [3.63, 3.8) is 0 Å². The van der Waals surface area contributed by atoms with E-state index in [-0.39, 0.29) is 0 Å². The predicted molar refractivity (Wildman–Crippen MR) is 101 cm³/mol.